The van der Waals surface area contributed by atoms with Crippen LogP contribution in [0.1, 0.15) is 38.7 Å². The highest BCUT2D eigenvalue weighted by Crippen LogP contribution is 2.30. The third-order valence-electron chi connectivity index (χ3n) is 6.69. The maximum Gasteiger partial charge on any atom is 0.416 e. The molecule has 1 aliphatic rings. The Bertz CT molecular complexity index is 1550. The summed E-state index contributed by atoms with van der Waals surface area (Å²) >= 11 is 0. The summed E-state index contributed by atoms with van der Waals surface area (Å²) < 4.78 is 59.0. The van der Waals surface area contributed by atoms with Crippen molar-refractivity contribution in [3.8, 4) is 0 Å². The van der Waals surface area contributed by atoms with Gasteiger partial charge in [0.05, 0.1) is 24.5 Å². The molecule has 42 heavy (non-hydrogen) atoms. The zero-order valence-electron chi connectivity index (χ0n) is 22.8. The largest absolute Gasteiger partial charge is 0.416 e. The average Bonchev–Trinajstić information content (AvgIpc) is 3.40. The summed E-state index contributed by atoms with van der Waals surface area (Å²) in [5, 5.41) is 12.9. The molecule has 0 spiro atoms. The fourth-order valence-electron chi connectivity index (χ4n) is 4.60. The Morgan fingerprint density at radius 1 is 1.02 bits per heavy atom. The minimum absolute atomic E-state index is 0.153. The number of alkyl halides is 3. The molecule has 9 nitrogen and oxygen atoms in total. The van der Waals surface area contributed by atoms with E-state index in [4.69, 9.17) is 4.74 Å². The minimum Gasteiger partial charge on any atom is -0.379 e. The van der Waals surface area contributed by atoms with Crippen molar-refractivity contribution in [2.24, 2.45) is 0 Å². The molecule has 3 heterocycles. The average molecular weight is 584 g/mol. The maximum absolute atomic E-state index is 14.6. The first-order valence-corrected chi connectivity index (χ1v) is 13.4. The molecule has 0 unspecified atom stereocenters. The molecular weight excluding hydrogens is 554 g/mol. The molecule has 0 saturated carbocycles. The third kappa shape index (κ3) is 7.68. The minimum atomic E-state index is -4.57. The van der Waals surface area contributed by atoms with Crippen LogP contribution in [0.2, 0.25) is 0 Å². The van der Waals surface area contributed by atoms with Gasteiger partial charge >= 0.3 is 6.18 Å². The molecule has 3 N–H and O–H groups in total. The van der Waals surface area contributed by atoms with Gasteiger partial charge in [-0.25, -0.2) is 14.4 Å². The van der Waals surface area contributed by atoms with Crippen LogP contribution >= 0.6 is 0 Å². The Kier molecular flexibility index (Phi) is 8.78. The summed E-state index contributed by atoms with van der Waals surface area (Å²) in [5.41, 5.74) is 1.16. The maximum atomic E-state index is 14.6. The topological polar surface area (TPSA) is 108 Å². The lowest BCUT2D eigenvalue weighted by Gasteiger charge is -2.26. The van der Waals surface area contributed by atoms with E-state index in [1.807, 2.05) is 13.0 Å². The van der Waals surface area contributed by atoms with Crippen molar-refractivity contribution in [1.29, 1.82) is 0 Å². The Balaban J connectivity index is 1.19. The zero-order chi connectivity index (χ0) is 29.7. The first-order valence-electron chi connectivity index (χ1n) is 13.4. The number of amides is 1. The second-order valence-corrected chi connectivity index (χ2v) is 9.92. The van der Waals surface area contributed by atoms with Crippen molar-refractivity contribution in [3.05, 3.63) is 94.3 Å². The van der Waals surface area contributed by atoms with E-state index in [1.54, 1.807) is 6.07 Å². The summed E-state index contributed by atoms with van der Waals surface area (Å²) in [5.74, 6) is 0.599. The normalized spacial score (nSPS) is 14.1. The zero-order valence-corrected chi connectivity index (χ0v) is 22.8. The van der Waals surface area contributed by atoms with E-state index in [2.05, 4.69) is 35.7 Å². The fraction of sp³-hybridized carbons (Fsp3) is 0.310. The number of rotatable bonds is 9. The van der Waals surface area contributed by atoms with E-state index in [9.17, 15) is 22.4 Å². The Morgan fingerprint density at radius 2 is 1.83 bits per heavy atom. The number of aromatic nitrogens is 4. The first-order chi connectivity index (χ1) is 20.1. The van der Waals surface area contributed by atoms with Gasteiger partial charge in [0.1, 0.15) is 17.5 Å². The van der Waals surface area contributed by atoms with Gasteiger partial charge in [0.25, 0.3) is 5.91 Å². The molecule has 220 valence electrons. The van der Waals surface area contributed by atoms with Crippen LogP contribution in [-0.4, -0.2) is 57.3 Å². The van der Waals surface area contributed by atoms with Gasteiger partial charge in [0, 0.05) is 48.7 Å². The van der Waals surface area contributed by atoms with Crippen molar-refractivity contribution in [3.63, 3.8) is 0 Å². The number of ether oxygens (including phenoxy) is 1. The number of H-pyrrole nitrogens is 1. The second kappa shape index (κ2) is 12.7. The van der Waals surface area contributed by atoms with Crippen molar-refractivity contribution in [2.75, 3.05) is 36.9 Å². The standard InChI is InChI=1S/C29H29F4N7O2/c1-18-34-24(17-40-9-11-42-12-10-40)16-26(35-18)37-27-15-23(38-39-27)6-5-19-14-22(7-8-25(19)30)36-28(41)20-3-2-4-21(13-20)29(31,32)33/h2-4,7-8,13-16H,5-6,9-12,17H2,1H3,(H,36,41)(H2,34,35,37,38,39). The van der Waals surface area contributed by atoms with Crippen molar-refractivity contribution >= 4 is 23.2 Å². The monoisotopic (exact) mass is 583 g/mol. The van der Waals surface area contributed by atoms with Crippen molar-refractivity contribution in [1.82, 2.24) is 25.1 Å². The highest BCUT2D eigenvalue weighted by atomic mass is 19.4. The number of nitrogens with one attached hydrogen (secondary N) is 3. The van der Waals surface area contributed by atoms with Crippen LogP contribution in [-0.2, 0) is 30.3 Å². The molecule has 5 rings (SSSR count). The van der Waals surface area contributed by atoms with Gasteiger partial charge in [-0.05, 0) is 61.7 Å². The number of hydrogen-bond acceptors (Lipinski definition) is 7. The number of carbonyl (C=O) groups excluding carboxylic acids is 1. The quantitative estimate of drug-likeness (QED) is 0.230. The second-order valence-electron chi connectivity index (χ2n) is 9.92. The number of anilines is 3. The van der Waals surface area contributed by atoms with E-state index in [0.717, 1.165) is 42.7 Å². The van der Waals surface area contributed by atoms with Gasteiger partial charge < -0.3 is 15.4 Å². The number of carbonyl (C=O) groups is 1. The van der Waals surface area contributed by atoms with Crippen LogP contribution in [0.4, 0.5) is 34.9 Å². The number of nitrogens with zero attached hydrogens (tertiary/aromatic N) is 4. The highest BCUT2D eigenvalue weighted by molar-refractivity contribution is 6.04. The highest BCUT2D eigenvalue weighted by Gasteiger charge is 2.31. The molecular formula is C29H29F4N7O2. The molecule has 1 saturated heterocycles. The Hall–Kier alpha value is -4.36. The first kappa shape index (κ1) is 29.1. The van der Waals surface area contributed by atoms with E-state index >= 15 is 0 Å². The number of benzene rings is 2. The molecule has 0 aliphatic carbocycles. The van der Waals surface area contributed by atoms with E-state index in [-0.39, 0.29) is 17.7 Å². The van der Waals surface area contributed by atoms with E-state index in [1.165, 1.54) is 24.3 Å². The smallest absolute Gasteiger partial charge is 0.379 e. The lowest BCUT2D eigenvalue weighted by atomic mass is 10.1. The fourth-order valence-corrected chi connectivity index (χ4v) is 4.60. The van der Waals surface area contributed by atoms with Crippen LogP contribution in [0.25, 0.3) is 0 Å². The van der Waals surface area contributed by atoms with Crippen LogP contribution < -0.4 is 10.6 Å². The van der Waals surface area contributed by atoms with Crippen LogP contribution in [0, 0.1) is 12.7 Å². The Labute approximate surface area is 239 Å². The van der Waals surface area contributed by atoms with E-state index in [0.29, 0.717) is 49.2 Å². The molecule has 2 aromatic carbocycles. The molecule has 1 amide bonds. The van der Waals surface area contributed by atoms with Crippen molar-refractivity contribution < 1.29 is 27.1 Å². The van der Waals surface area contributed by atoms with Crippen LogP contribution in [0.5, 0.6) is 0 Å². The molecule has 4 aromatic rings. The SMILES string of the molecule is Cc1nc(CN2CCOCC2)cc(Nc2cc(CCc3cc(NC(=O)c4cccc(C(F)(F)F)c4)ccc3F)[nH]n2)n1. The van der Waals surface area contributed by atoms with Gasteiger partial charge in [0.15, 0.2) is 5.82 Å². The van der Waals surface area contributed by atoms with Gasteiger partial charge in [-0.2, -0.15) is 18.3 Å². The van der Waals surface area contributed by atoms with Gasteiger partial charge in [-0.3, -0.25) is 14.8 Å². The molecule has 13 heteroatoms. The number of morpholine rings is 1. The predicted molar refractivity (Wildman–Crippen MR) is 148 cm³/mol. The molecule has 1 fully saturated rings. The third-order valence-corrected chi connectivity index (χ3v) is 6.69. The molecule has 0 atom stereocenters. The molecule has 2 aromatic heterocycles. The Morgan fingerprint density at radius 3 is 2.62 bits per heavy atom. The summed E-state index contributed by atoms with van der Waals surface area (Å²) in [6.45, 7) is 5.62. The van der Waals surface area contributed by atoms with Gasteiger partial charge in [0.2, 0.25) is 0 Å². The summed E-state index contributed by atoms with van der Waals surface area (Å²) in [6.07, 6.45) is -3.86. The molecule has 0 radical (unpaired) electrons. The summed E-state index contributed by atoms with van der Waals surface area (Å²) in [4.78, 5) is 23.8. The van der Waals surface area contributed by atoms with Crippen molar-refractivity contribution in [2.45, 2.75) is 32.5 Å². The van der Waals surface area contributed by atoms with Gasteiger partial charge in [-0.1, -0.05) is 6.07 Å². The van der Waals surface area contributed by atoms with Crippen LogP contribution in [0.3, 0.4) is 0 Å². The lowest BCUT2D eigenvalue weighted by molar-refractivity contribution is -0.137. The molecule has 0 bridgehead atoms. The predicted octanol–water partition coefficient (Wildman–Crippen LogP) is 5.28. The van der Waals surface area contributed by atoms with Crippen LogP contribution in [0.15, 0.2) is 54.6 Å². The van der Waals surface area contributed by atoms with Gasteiger partial charge in [-0.15, -0.1) is 0 Å². The lowest BCUT2D eigenvalue weighted by Crippen LogP contribution is -2.35. The summed E-state index contributed by atoms with van der Waals surface area (Å²) in [6, 6.07) is 11.8. The number of hydrogen-bond donors (Lipinski definition) is 3. The number of aromatic amines is 1. The number of aryl methyl sites for hydroxylation is 3. The molecule has 1 aliphatic heterocycles. The number of halogens is 4. The summed E-state index contributed by atoms with van der Waals surface area (Å²) in [7, 11) is 0. The van der Waals surface area contributed by atoms with E-state index < -0.39 is 23.5 Å².